The van der Waals surface area contributed by atoms with Crippen LogP contribution in [0.25, 0.3) is 0 Å². The van der Waals surface area contributed by atoms with Gasteiger partial charge in [0.05, 0.1) is 12.3 Å². The fourth-order valence-electron chi connectivity index (χ4n) is 5.48. The number of carbonyl (C=O) groups excluding carboxylic acids is 7. The van der Waals surface area contributed by atoms with E-state index in [1.54, 1.807) is 0 Å². The fourth-order valence-corrected chi connectivity index (χ4v) is 5.48. The summed E-state index contributed by atoms with van der Waals surface area (Å²) in [6.07, 6.45) is -7.11. The third-order valence-electron chi connectivity index (χ3n) is 8.43. The van der Waals surface area contributed by atoms with E-state index in [2.05, 4.69) is 21.3 Å². The van der Waals surface area contributed by atoms with Crippen LogP contribution in [0.1, 0.15) is 37.7 Å². The zero-order valence-corrected chi connectivity index (χ0v) is 30.3. The number of nitrogens with two attached hydrogens (primary N) is 1. The number of aliphatic hydroxyl groups is 3. The van der Waals surface area contributed by atoms with Gasteiger partial charge >= 0.3 is 5.97 Å². The maximum absolute atomic E-state index is 13.3. The molecule has 2 unspecified atom stereocenters. The Labute approximate surface area is 319 Å². The maximum atomic E-state index is 13.3. The van der Waals surface area contributed by atoms with E-state index in [0.29, 0.717) is 23.3 Å². The van der Waals surface area contributed by atoms with E-state index < -0.39 is 84.8 Å². The maximum Gasteiger partial charge on any atom is 0.335 e. The molecule has 3 rings (SSSR count). The minimum absolute atomic E-state index is 0.0506. The standard InChI is InChI=1S/C34H46N6O16/c1-53-13-10-23(42)36-11-3-2-4-19(39-32(50)21(15-35)40-25(44)7-8-26(40)45)31(49)37-12-9-24(43)38-20-14-18(16-54-17-41)5-6-22(20)55-34-29(48)27(46)28(47)30(56-34)33(51)52/h5-8,14,17,19,21,27-30,34,46-48H,2-4,9-13,15-16,35H2,1H3,(H,36,42)(H,37,49)(H,38,43)(H,39,50)(H,51,52)/t19?,21?,27-,28-,29+,30-,34+/m0/s1. The number of rotatable bonds is 23. The number of unbranched alkanes of at least 4 members (excludes halogenated alkanes) is 1. The van der Waals surface area contributed by atoms with E-state index in [9.17, 15) is 58.8 Å². The number of carbonyl (C=O) groups is 8. The van der Waals surface area contributed by atoms with Crippen molar-refractivity contribution in [2.45, 2.75) is 81.5 Å². The van der Waals surface area contributed by atoms with Gasteiger partial charge in [-0.1, -0.05) is 6.07 Å². The van der Waals surface area contributed by atoms with Gasteiger partial charge in [-0.25, -0.2) is 4.79 Å². The molecule has 0 radical (unpaired) electrons. The first-order valence-corrected chi connectivity index (χ1v) is 17.4. The van der Waals surface area contributed by atoms with Gasteiger partial charge in [0.25, 0.3) is 18.3 Å². The van der Waals surface area contributed by atoms with Crippen molar-refractivity contribution in [3.8, 4) is 5.75 Å². The number of anilines is 1. The summed E-state index contributed by atoms with van der Waals surface area (Å²) < 4.78 is 20.4. The van der Waals surface area contributed by atoms with Gasteiger partial charge in [0.15, 0.2) is 6.10 Å². The zero-order chi connectivity index (χ0) is 41.4. The predicted octanol–water partition coefficient (Wildman–Crippen LogP) is -3.86. The van der Waals surface area contributed by atoms with Crippen molar-refractivity contribution in [2.24, 2.45) is 5.73 Å². The van der Waals surface area contributed by atoms with Crippen molar-refractivity contribution in [1.82, 2.24) is 20.9 Å². The summed E-state index contributed by atoms with van der Waals surface area (Å²) in [7, 11) is 1.46. The van der Waals surface area contributed by atoms with Crippen LogP contribution in [-0.4, -0.2) is 149 Å². The van der Waals surface area contributed by atoms with E-state index in [4.69, 9.17) is 24.7 Å². The average Bonchev–Trinajstić information content (AvgIpc) is 3.49. The topological polar surface area (TPSA) is 332 Å². The molecule has 2 aliphatic rings. The summed E-state index contributed by atoms with van der Waals surface area (Å²) in [5.41, 5.74) is 5.99. The Morgan fingerprint density at radius 2 is 1.66 bits per heavy atom. The number of imide groups is 1. The molecule has 1 aromatic rings. The first-order chi connectivity index (χ1) is 26.7. The Morgan fingerprint density at radius 3 is 2.30 bits per heavy atom. The Bertz CT molecular complexity index is 1610. The number of aliphatic hydroxyl groups excluding tert-OH is 3. The minimum Gasteiger partial charge on any atom is -0.479 e. The molecule has 0 aromatic heterocycles. The molecule has 0 saturated carbocycles. The van der Waals surface area contributed by atoms with Crippen LogP contribution in [0.15, 0.2) is 30.4 Å². The van der Waals surface area contributed by atoms with Crippen LogP contribution in [-0.2, 0) is 59.2 Å². The van der Waals surface area contributed by atoms with E-state index in [1.165, 1.54) is 25.3 Å². The molecule has 1 aromatic carbocycles. The van der Waals surface area contributed by atoms with Crippen molar-refractivity contribution >= 4 is 53.6 Å². The molecule has 0 spiro atoms. The lowest BCUT2D eigenvalue weighted by atomic mass is 9.99. The summed E-state index contributed by atoms with van der Waals surface area (Å²) in [4.78, 5) is 98.8. The number of ether oxygens (including phenoxy) is 4. The molecule has 22 nitrogen and oxygen atoms in total. The van der Waals surface area contributed by atoms with Crippen LogP contribution in [0.2, 0.25) is 0 Å². The van der Waals surface area contributed by atoms with E-state index >= 15 is 0 Å². The first kappa shape index (κ1) is 44.9. The Morgan fingerprint density at radius 1 is 0.946 bits per heavy atom. The molecule has 2 heterocycles. The highest BCUT2D eigenvalue weighted by atomic mass is 16.7. The summed E-state index contributed by atoms with van der Waals surface area (Å²) in [5, 5.41) is 50.2. The molecule has 6 amide bonds. The van der Waals surface area contributed by atoms with Gasteiger partial charge in [0.1, 0.15) is 42.8 Å². The highest BCUT2D eigenvalue weighted by molar-refractivity contribution is 6.15. The molecule has 22 heteroatoms. The number of hydrogen-bond donors (Lipinski definition) is 9. The van der Waals surface area contributed by atoms with E-state index in [-0.39, 0.29) is 69.4 Å². The monoisotopic (exact) mass is 794 g/mol. The zero-order valence-electron chi connectivity index (χ0n) is 30.3. The fraction of sp³-hybridized carbons (Fsp3) is 0.529. The molecule has 2 aliphatic heterocycles. The summed E-state index contributed by atoms with van der Waals surface area (Å²) >= 11 is 0. The van der Waals surface area contributed by atoms with E-state index in [0.717, 1.165) is 12.2 Å². The van der Waals surface area contributed by atoms with E-state index in [1.807, 2.05) is 0 Å². The van der Waals surface area contributed by atoms with Gasteiger partial charge in [0, 0.05) is 51.7 Å². The number of benzene rings is 1. The highest BCUT2D eigenvalue weighted by Crippen LogP contribution is 2.31. The van der Waals surface area contributed by atoms with Crippen molar-refractivity contribution in [3.05, 3.63) is 35.9 Å². The Hall–Kier alpha value is -5.52. The van der Waals surface area contributed by atoms with Gasteiger partial charge in [-0.2, -0.15) is 0 Å². The van der Waals surface area contributed by atoms with Crippen molar-refractivity contribution < 1.29 is 77.7 Å². The van der Waals surface area contributed by atoms with Gasteiger partial charge < -0.3 is 66.4 Å². The molecule has 1 fully saturated rings. The van der Waals surface area contributed by atoms with Gasteiger partial charge in [0.2, 0.25) is 29.9 Å². The quantitative estimate of drug-likeness (QED) is 0.0291. The normalized spacial score (nSPS) is 21.4. The molecule has 0 bridgehead atoms. The molecular weight excluding hydrogens is 748 g/mol. The van der Waals surface area contributed by atoms with Gasteiger partial charge in [-0.15, -0.1) is 0 Å². The predicted molar refractivity (Wildman–Crippen MR) is 188 cm³/mol. The Balaban J connectivity index is 1.68. The summed E-state index contributed by atoms with van der Waals surface area (Å²) in [6.45, 7) is -0.254. The third kappa shape index (κ3) is 12.8. The number of carboxylic acids is 1. The number of hydrogen-bond acceptors (Lipinski definition) is 16. The van der Waals surface area contributed by atoms with Crippen molar-refractivity contribution in [3.63, 3.8) is 0 Å². The first-order valence-electron chi connectivity index (χ1n) is 17.4. The Kier molecular flexibility index (Phi) is 17.7. The van der Waals surface area contributed by atoms with Crippen molar-refractivity contribution in [1.29, 1.82) is 0 Å². The molecular formula is C34H46N6O16. The minimum atomic E-state index is -1.98. The SMILES string of the molecule is COCCC(=O)NCCCCC(NC(=O)C(CN)N1C(=O)C=CC1=O)C(=O)NCCC(=O)Nc1cc(COC=O)ccc1O[C@@H]1O[C@H](C(=O)O)[C@@H](O)[C@H](O)[C@H]1O. The molecule has 308 valence electrons. The van der Waals surface area contributed by atoms with Gasteiger partial charge in [-0.05, 0) is 37.0 Å². The second-order valence-corrected chi connectivity index (χ2v) is 12.5. The molecule has 56 heavy (non-hydrogen) atoms. The summed E-state index contributed by atoms with van der Waals surface area (Å²) in [6, 6.07) is 1.38. The lowest BCUT2D eigenvalue weighted by Crippen LogP contribution is -2.61. The van der Waals surface area contributed by atoms with Crippen LogP contribution in [0.3, 0.4) is 0 Å². The van der Waals surface area contributed by atoms with Crippen LogP contribution >= 0.6 is 0 Å². The van der Waals surface area contributed by atoms with Crippen LogP contribution in [0, 0.1) is 0 Å². The number of methoxy groups -OCH3 is 1. The molecule has 0 aliphatic carbocycles. The lowest BCUT2D eigenvalue weighted by molar-refractivity contribution is -0.271. The number of amides is 6. The number of aliphatic carboxylic acids is 1. The van der Waals surface area contributed by atoms with Gasteiger partial charge in [-0.3, -0.25) is 38.5 Å². The second-order valence-electron chi connectivity index (χ2n) is 12.5. The van der Waals surface area contributed by atoms with Crippen LogP contribution in [0.4, 0.5) is 5.69 Å². The number of nitrogens with one attached hydrogen (secondary N) is 4. The molecule has 10 N–H and O–H groups in total. The molecule has 1 saturated heterocycles. The smallest absolute Gasteiger partial charge is 0.335 e. The highest BCUT2D eigenvalue weighted by Gasteiger charge is 2.48. The summed E-state index contributed by atoms with van der Waals surface area (Å²) in [5.74, 6) is -5.89. The van der Waals surface area contributed by atoms with Crippen molar-refractivity contribution in [2.75, 3.05) is 38.7 Å². The van der Waals surface area contributed by atoms with Crippen LogP contribution in [0.5, 0.6) is 5.75 Å². The lowest BCUT2D eigenvalue weighted by Gasteiger charge is -2.38. The average molecular weight is 795 g/mol. The second kappa shape index (κ2) is 22.1. The third-order valence-corrected chi connectivity index (χ3v) is 8.43. The molecule has 7 atom stereocenters. The number of nitrogens with zero attached hydrogens (tertiary/aromatic N) is 1. The van der Waals surface area contributed by atoms with Crippen LogP contribution < -0.4 is 31.7 Å². The largest absolute Gasteiger partial charge is 0.479 e. The number of carboxylic acid groups (broad SMARTS) is 1.